The standard InChI is InChI=1S/C17H27N3O3/c1-3-14-12(2)10-15(23-14)17(22)20-9-5-4-6-13(20)11-19-16(21)7-8-18/h10,13H,3-9,11,18H2,1-2H3,(H,19,21). The van der Waals surface area contributed by atoms with Gasteiger partial charge in [-0.2, -0.15) is 0 Å². The molecule has 1 aliphatic heterocycles. The number of nitrogens with zero attached hydrogens (tertiary/aromatic N) is 1. The topological polar surface area (TPSA) is 88.6 Å². The second-order valence-corrected chi connectivity index (χ2v) is 6.06. The monoisotopic (exact) mass is 321 g/mol. The molecule has 1 aliphatic rings. The molecular formula is C17H27N3O3. The third kappa shape index (κ3) is 4.34. The molecule has 0 bridgehead atoms. The lowest BCUT2D eigenvalue weighted by Gasteiger charge is -2.35. The number of amides is 2. The van der Waals surface area contributed by atoms with Crippen molar-refractivity contribution in [2.45, 2.75) is 52.0 Å². The van der Waals surface area contributed by atoms with E-state index in [1.807, 2.05) is 24.8 Å². The largest absolute Gasteiger partial charge is 0.456 e. The van der Waals surface area contributed by atoms with Gasteiger partial charge in [0.05, 0.1) is 0 Å². The SMILES string of the molecule is CCc1oc(C(=O)N2CCCCC2CNC(=O)CCN)cc1C. The van der Waals surface area contributed by atoms with Crippen LogP contribution in [0.15, 0.2) is 10.5 Å². The van der Waals surface area contributed by atoms with E-state index in [1.54, 1.807) is 0 Å². The summed E-state index contributed by atoms with van der Waals surface area (Å²) in [5.41, 5.74) is 6.40. The van der Waals surface area contributed by atoms with Crippen molar-refractivity contribution in [2.24, 2.45) is 5.73 Å². The Morgan fingerprint density at radius 1 is 1.43 bits per heavy atom. The quantitative estimate of drug-likeness (QED) is 0.833. The highest BCUT2D eigenvalue weighted by Gasteiger charge is 2.29. The van der Waals surface area contributed by atoms with E-state index in [2.05, 4.69) is 5.32 Å². The van der Waals surface area contributed by atoms with E-state index in [1.165, 1.54) is 0 Å². The highest BCUT2D eigenvalue weighted by Crippen LogP contribution is 2.22. The molecule has 2 heterocycles. The van der Waals surface area contributed by atoms with Crippen molar-refractivity contribution >= 4 is 11.8 Å². The van der Waals surface area contributed by atoms with Crippen molar-refractivity contribution in [3.8, 4) is 0 Å². The lowest BCUT2D eigenvalue weighted by molar-refractivity contribution is -0.121. The van der Waals surface area contributed by atoms with Gasteiger partial charge in [-0.25, -0.2) is 0 Å². The molecule has 1 fully saturated rings. The van der Waals surface area contributed by atoms with Crippen LogP contribution in [0.3, 0.4) is 0 Å². The smallest absolute Gasteiger partial charge is 0.289 e. The number of likely N-dealkylation sites (tertiary alicyclic amines) is 1. The number of hydrogen-bond donors (Lipinski definition) is 2. The van der Waals surface area contributed by atoms with Crippen LogP contribution in [0, 0.1) is 6.92 Å². The molecule has 1 aromatic heterocycles. The highest BCUT2D eigenvalue weighted by atomic mass is 16.4. The van der Waals surface area contributed by atoms with Crippen LogP contribution in [0.4, 0.5) is 0 Å². The summed E-state index contributed by atoms with van der Waals surface area (Å²) in [7, 11) is 0. The van der Waals surface area contributed by atoms with Crippen molar-refractivity contribution in [1.82, 2.24) is 10.2 Å². The van der Waals surface area contributed by atoms with Gasteiger partial charge >= 0.3 is 0 Å². The van der Waals surface area contributed by atoms with Gasteiger partial charge in [0, 0.05) is 38.5 Å². The fourth-order valence-electron chi connectivity index (χ4n) is 3.05. The van der Waals surface area contributed by atoms with Crippen molar-refractivity contribution in [1.29, 1.82) is 0 Å². The Morgan fingerprint density at radius 3 is 2.87 bits per heavy atom. The van der Waals surface area contributed by atoms with Crippen LogP contribution >= 0.6 is 0 Å². The van der Waals surface area contributed by atoms with E-state index in [-0.39, 0.29) is 17.9 Å². The molecule has 0 aromatic carbocycles. The lowest BCUT2D eigenvalue weighted by atomic mass is 10.0. The second-order valence-electron chi connectivity index (χ2n) is 6.06. The van der Waals surface area contributed by atoms with Gasteiger partial charge < -0.3 is 20.4 Å². The van der Waals surface area contributed by atoms with Gasteiger partial charge in [0.2, 0.25) is 5.91 Å². The number of piperidine rings is 1. The third-order valence-corrected chi connectivity index (χ3v) is 4.35. The first-order chi connectivity index (χ1) is 11.1. The van der Waals surface area contributed by atoms with E-state index >= 15 is 0 Å². The molecule has 2 amide bonds. The molecule has 128 valence electrons. The average molecular weight is 321 g/mol. The minimum atomic E-state index is -0.0782. The molecule has 0 aliphatic carbocycles. The van der Waals surface area contributed by atoms with Crippen LogP contribution in [-0.2, 0) is 11.2 Å². The highest BCUT2D eigenvalue weighted by molar-refractivity contribution is 5.92. The maximum absolute atomic E-state index is 12.8. The fourth-order valence-corrected chi connectivity index (χ4v) is 3.05. The minimum Gasteiger partial charge on any atom is -0.456 e. The Balaban J connectivity index is 2.04. The zero-order chi connectivity index (χ0) is 16.8. The van der Waals surface area contributed by atoms with Gasteiger partial charge in [-0.05, 0) is 37.8 Å². The normalized spacial score (nSPS) is 18.0. The second kappa shape index (κ2) is 8.15. The molecule has 1 aromatic rings. The van der Waals surface area contributed by atoms with Crippen molar-refractivity contribution in [3.63, 3.8) is 0 Å². The molecule has 6 heteroatoms. The first-order valence-electron chi connectivity index (χ1n) is 8.43. The molecule has 23 heavy (non-hydrogen) atoms. The van der Waals surface area contributed by atoms with Gasteiger partial charge in [0.1, 0.15) is 5.76 Å². The van der Waals surface area contributed by atoms with Crippen molar-refractivity contribution in [2.75, 3.05) is 19.6 Å². The Kier molecular flexibility index (Phi) is 6.21. The van der Waals surface area contributed by atoms with Crippen LogP contribution in [-0.4, -0.2) is 42.4 Å². The number of hydrogen-bond acceptors (Lipinski definition) is 4. The van der Waals surface area contributed by atoms with Crippen LogP contribution in [0.25, 0.3) is 0 Å². The number of nitrogens with two attached hydrogens (primary N) is 1. The molecule has 2 rings (SSSR count). The van der Waals surface area contributed by atoms with Gasteiger partial charge in [-0.3, -0.25) is 9.59 Å². The predicted octanol–water partition coefficient (Wildman–Crippen LogP) is 1.61. The third-order valence-electron chi connectivity index (χ3n) is 4.35. The summed E-state index contributed by atoms with van der Waals surface area (Å²) >= 11 is 0. The Labute approximate surface area is 137 Å². The number of carbonyl (C=O) groups is 2. The van der Waals surface area contributed by atoms with Gasteiger partial charge in [-0.1, -0.05) is 6.92 Å². The minimum absolute atomic E-state index is 0.0217. The van der Waals surface area contributed by atoms with Crippen LogP contribution in [0.1, 0.15) is 54.5 Å². The molecule has 0 radical (unpaired) electrons. The summed E-state index contributed by atoms with van der Waals surface area (Å²) in [5.74, 6) is 1.12. The molecule has 3 N–H and O–H groups in total. The molecule has 0 saturated carbocycles. The van der Waals surface area contributed by atoms with Crippen LogP contribution in [0.5, 0.6) is 0 Å². The zero-order valence-electron chi connectivity index (χ0n) is 14.1. The van der Waals surface area contributed by atoms with Crippen LogP contribution in [0.2, 0.25) is 0 Å². The number of rotatable bonds is 6. The average Bonchev–Trinajstić information content (AvgIpc) is 2.94. The van der Waals surface area contributed by atoms with E-state index in [9.17, 15) is 9.59 Å². The molecule has 1 unspecified atom stereocenters. The van der Waals surface area contributed by atoms with E-state index < -0.39 is 0 Å². The van der Waals surface area contributed by atoms with E-state index in [4.69, 9.17) is 10.2 Å². The molecule has 1 atom stereocenters. The molecule has 6 nitrogen and oxygen atoms in total. The first-order valence-corrected chi connectivity index (χ1v) is 8.43. The molecule has 1 saturated heterocycles. The summed E-state index contributed by atoms with van der Waals surface area (Å²) in [6.45, 7) is 5.49. The predicted molar refractivity (Wildman–Crippen MR) is 88.2 cm³/mol. The van der Waals surface area contributed by atoms with Gasteiger partial charge in [0.15, 0.2) is 5.76 Å². The molecular weight excluding hydrogens is 294 g/mol. The van der Waals surface area contributed by atoms with E-state index in [0.29, 0.717) is 31.8 Å². The maximum Gasteiger partial charge on any atom is 0.289 e. The summed E-state index contributed by atoms with van der Waals surface area (Å²) in [6.07, 6.45) is 4.04. The van der Waals surface area contributed by atoms with Crippen LogP contribution < -0.4 is 11.1 Å². The summed E-state index contributed by atoms with van der Waals surface area (Å²) in [6, 6.07) is 1.84. The molecule has 0 spiro atoms. The van der Waals surface area contributed by atoms with Crippen molar-refractivity contribution < 1.29 is 14.0 Å². The zero-order valence-corrected chi connectivity index (χ0v) is 14.1. The summed E-state index contributed by atoms with van der Waals surface area (Å²) in [4.78, 5) is 26.2. The summed E-state index contributed by atoms with van der Waals surface area (Å²) in [5, 5.41) is 2.87. The number of nitrogens with one attached hydrogen (secondary N) is 1. The first kappa shape index (κ1) is 17.5. The Hall–Kier alpha value is -1.82. The Bertz CT molecular complexity index is 553. The van der Waals surface area contributed by atoms with Gasteiger partial charge in [0.25, 0.3) is 5.91 Å². The number of furan rings is 1. The summed E-state index contributed by atoms with van der Waals surface area (Å²) < 4.78 is 5.70. The lowest BCUT2D eigenvalue weighted by Crippen LogP contribution is -2.49. The Morgan fingerprint density at radius 2 is 2.22 bits per heavy atom. The van der Waals surface area contributed by atoms with Gasteiger partial charge in [-0.15, -0.1) is 0 Å². The number of carbonyl (C=O) groups excluding carboxylic acids is 2. The van der Waals surface area contributed by atoms with Crippen molar-refractivity contribution in [3.05, 3.63) is 23.2 Å². The fraction of sp³-hybridized carbons (Fsp3) is 0.647. The maximum atomic E-state index is 12.8. The number of aryl methyl sites for hydroxylation is 2. The van der Waals surface area contributed by atoms with E-state index in [0.717, 1.165) is 37.0 Å².